The van der Waals surface area contributed by atoms with Gasteiger partial charge in [-0.2, -0.15) is 0 Å². The van der Waals surface area contributed by atoms with E-state index in [2.05, 4.69) is 53.2 Å². The Hall–Kier alpha value is -3.59. The van der Waals surface area contributed by atoms with Crippen molar-refractivity contribution in [2.24, 2.45) is 5.92 Å². The van der Waals surface area contributed by atoms with E-state index in [4.69, 9.17) is 9.47 Å². The second kappa shape index (κ2) is 20.3. The van der Waals surface area contributed by atoms with Crippen molar-refractivity contribution in [2.75, 3.05) is 53.0 Å². The number of morpholine rings is 1. The molecular weight excluding hydrogens is 675 g/mol. The molecule has 0 spiro atoms. The van der Waals surface area contributed by atoms with Gasteiger partial charge in [-0.1, -0.05) is 58.0 Å². The Morgan fingerprint density at radius 3 is 2.46 bits per heavy atom. The summed E-state index contributed by atoms with van der Waals surface area (Å²) in [5.41, 5.74) is 3.60. The fourth-order valence-electron chi connectivity index (χ4n) is 5.61. The summed E-state index contributed by atoms with van der Waals surface area (Å²) in [5.74, 6) is 0.294. The van der Waals surface area contributed by atoms with Crippen molar-refractivity contribution in [2.45, 2.75) is 78.1 Å². The minimum Gasteiger partial charge on any atom is -0.444 e. The monoisotopic (exact) mass is 727 g/mol. The van der Waals surface area contributed by atoms with Crippen molar-refractivity contribution >= 4 is 40.7 Å². The van der Waals surface area contributed by atoms with Crippen LogP contribution < -0.4 is 10.6 Å². The molecule has 0 aliphatic carbocycles. The van der Waals surface area contributed by atoms with Crippen LogP contribution in [0.25, 0.3) is 0 Å². The van der Waals surface area contributed by atoms with Gasteiger partial charge < -0.3 is 29.9 Å². The van der Waals surface area contributed by atoms with Gasteiger partial charge in [0.2, 0.25) is 5.91 Å². The van der Waals surface area contributed by atoms with Crippen molar-refractivity contribution in [1.29, 1.82) is 0 Å². The molecule has 12 nitrogen and oxygen atoms in total. The summed E-state index contributed by atoms with van der Waals surface area (Å²) in [4.78, 5) is 55.9. The molecule has 50 heavy (non-hydrogen) atoms. The molecule has 1 aliphatic heterocycles. The zero-order valence-electron chi connectivity index (χ0n) is 30.0. The summed E-state index contributed by atoms with van der Waals surface area (Å²) in [6.45, 7) is 13.3. The number of aromatic nitrogens is 2. The lowest BCUT2D eigenvalue weighted by Crippen LogP contribution is -2.54. The number of hydrogen-bond acceptors (Lipinski definition) is 10. The highest BCUT2D eigenvalue weighted by molar-refractivity contribution is 7.09. The Morgan fingerprint density at radius 2 is 1.80 bits per heavy atom. The predicted octanol–water partition coefficient (Wildman–Crippen LogP) is 5.37. The molecule has 1 aliphatic rings. The van der Waals surface area contributed by atoms with Crippen LogP contribution in [0.1, 0.15) is 67.6 Å². The number of benzene rings is 1. The first-order valence-corrected chi connectivity index (χ1v) is 19.2. The van der Waals surface area contributed by atoms with E-state index in [9.17, 15) is 14.4 Å². The molecule has 274 valence electrons. The fourth-order valence-corrected chi connectivity index (χ4v) is 6.94. The lowest BCUT2D eigenvalue weighted by molar-refractivity contribution is -0.124. The van der Waals surface area contributed by atoms with Crippen LogP contribution in [0, 0.1) is 5.92 Å². The topological polar surface area (TPSA) is 129 Å². The number of amides is 4. The van der Waals surface area contributed by atoms with E-state index in [-0.39, 0.29) is 30.5 Å². The van der Waals surface area contributed by atoms with Crippen LogP contribution in [0.3, 0.4) is 0 Å². The molecule has 2 atom stereocenters. The fraction of sp³-hybridized carbons (Fsp3) is 0.583. The lowest BCUT2D eigenvalue weighted by Gasteiger charge is -2.30. The van der Waals surface area contributed by atoms with Gasteiger partial charge in [-0.15, -0.1) is 22.7 Å². The summed E-state index contributed by atoms with van der Waals surface area (Å²) in [7, 11) is 1.72. The highest BCUT2D eigenvalue weighted by Crippen LogP contribution is 2.20. The number of nitrogens with one attached hydrogen (secondary N) is 2. The van der Waals surface area contributed by atoms with Crippen molar-refractivity contribution in [3.63, 3.8) is 0 Å². The highest BCUT2D eigenvalue weighted by Gasteiger charge is 2.27. The Bertz CT molecular complexity index is 1450. The van der Waals surface area contributed by atoms with Gasteiger partial charge in [0.1, 0.15) is 12.6 Å². The van der Waals surface area contributed by atoms with Gasteiger partial charge >= 0.3 is 12.1 Å². The summed E-state index contributed by atoms with van der Waals surface area (Å²) in [5, 5.41) is 9.28. The van der Waals surface area contributed by atoms with E-state index >= 15 is 0 Å². The predicted molar refractivity (Wildman–Crippen MR) is 197 cm³/mol. The van der Waals surface area contributed by atoms with Crippen LogP contribution in [0.4, 0.5) is 9.59 Å². The molecule has 2 N–H and O–H groups in total. The molecule has 14 heteroatoms. The molecule has 3 aromatic rings. The summed E-state index contributed by atoms with van der Waals surface area (Å²) in [6.07, 6.45) is 2.83. The van der Waals surface area contributed by atoms with E-state index < -0.39 is 12.1 Å². The molecular formula is C36H53N7O5S2. The molecule has 3 heterocycles. The number of hydrogen-bond donors (Lipinski definition) is 2. The lowest BCUT2D eigenvalue weighted by atomic mass is 10.0. The van der Waals surface area contributed by atoms with Gasteiger partial charge in [-0.05, 0) is 30.7 Å². The zero-order valence-corrected chi connectivity index (χ0v) is 31.6. The van der Waals surface area contributed by atoms with Crippen LogP contribution in [-0.2, 0) is 33.8 Å². The number of rotatable bonds is 18. The van der Waals surface area contributed by atoms with Crippen LogP contribution in [0.15, 0.2) is 47.4 Å². The van der Waals surface area contributed by atoms with E-state index in [0.717, 1.165) is 34.2 Å². The van der Waals surface area contributed by atoms with Crippen LogP contribution in [0.2, 0.25) is 0 Å². The normalized spacial score (nSPS) is 14.7. The standard InChI is InChI=1S/C36H53N7O5S2/c1-26(2)21-43(36(46)48-23-31-20-37-25-50-31)14-11-29(19-28-9-7-6-8-10-28)38-33(44)32(12-13-42-15-17-47-18-16-42)40-35(45)41(5)22-30-24-49-34(39-30)27(3)4/h6-10,20,24-27,29,32H,11-19,21-23H2,1-5H3,(H,38,44)(H,40,45). The van der Waals surface area contributed by atoms with E-state index in [1.54, 1.807) is 39.9 Å². The van der Waals surface area contributed by atoms with Crippen LogP contribution in [-0.4, -0.2) is 108 Å². The molecule has 2 unspecified atom stereocenters. The second-order valence-electron chi connectivity index (χ2n) is 13.5. The van der Waals surface area contributed by atoms with Crippen molar-refractivity contribution in [1.82, 2.24) is 35.3 Å². The third-order valence-corrected chi connectivity index (χ3v) is 10.3. The number of ether oxygens (including phenoxy) is 2. The van der Waals surface area contributed by atoms with Gasteiger partial charge in [0.25, 0.3) is 0 Å². The minimum atomic E-state index is -0.760. The number of thiazole rings is 2. The van der Waals surface area contributed by atoms with Gasteiger partial charge in [0, 0.05) is 63.3 Å². The van der Waals surface area contributed by atoms with Crippen LogP contribution >= 0.6 is 22.7 Å². The number of carbonyl (C=O) groups is 3. The third-order valence-electron chi connectivity index (χ3n) is 8.35. The summed E-state index contributed by atoms with van der Waals surface area (Å²) < 4.78 is 11.1. The zero-order chi connectivity index (χ0) is 35.9. The molecule has 1 saturated heterocycles. The maximum atomic E-state index is 14.1. The Balaban J connectivity index is 1.45. The third kappa shape index (κ3) is 13.3. The highest BCUT2D eigenvalue weighted by atomic mass is 32.1. The number of nitrogens with zero attached hydrogens (tertiary/aromatic N) is 5. The van der Waals surface area contributed by atoms with Gasteiger partial charge in [-0.3, -0.25) is 14.7 Å². The molecule has 2 aromatic heterocycles. The molecule has 4 rings (SSSR count). The van der Waals surface area contributed by atoms with Gasteiger partial charge in [-0.25, -0.2) is 14.6 Å². The quantitative estimate of drug-likeness (QED) is 0.179. The van der Waals surface area contributed by atoms with Crippen LogP contribution in [0.5, 0.6) is 0 Å². The first-order chi connectivity index (χ1) is 24.1. The summed E-state index contributed by atoms with van der Waals surface area (Å²) >= 11 is 3.03. The van der Waals surface area contributed by atoms with E-state index in [0.29, 0.717) is 64.6 Å². The smallest absolute Gasteiger partial charge is 0.410 e. The molecule has 1 fully saturated rings. The average Bonchev–Trinajstić information content (AvgIpc) is 3.81. The minimum absolute atomic E-state index is 0.169. The number of carbonyl (C=O) groups excluding carboxylic acids is 3. The van der Waals surface area contributed by atoms with Crippen molar-refractivity contribution in [3.05, 3.63) is 68.6 Å². The maximum Gasteiger partial charge on any atom is 0.410 e. The molecule has 0 saturated carbocycles. The van der Waals surface area contributed by atoms with E-state index in [1.165, 1.54) is 11.3 Å². The molecule has 1 aromatic carbocycles. The molecule has 4 amide bonds. The molecule has 0 radical (unpaired) electrons. The Labute approximate surface area is 304 Å². The Morgan fingerprint density at radius 1 is 1.04 bits per heavy atom. The van der Waals surface area contributed by atoms with Gasteiger partial charge in [0.15, 0.2) is 0 Å². The SMILES string of the molecule is CC(C)CN(CCC(Cc1ccccc1)NC(=O)C(CCN1CCOCC1)NC(=O)N(C)Cc1csc(C(C)C)n1)C(=O)OCc1cncs1. The summed E-state index contributed by atoms with van der Waals surface area (Å²) in [6, 6.07) is 8.59. The largest absolute Gasteiger partial charge is 0.444 e. The molecule has 0 bridgehead atoms. The van der Waals surface area contributed by atoms with Gasteiger partial charge in [0.05, 0.1) is 40.8 Å². The Kier molecular flexibility index (Phi) is 15.9. The maximum absolute atomic E-state index is 14.1. The van der Waals surface area contributed by atoms with E-state index in [1.807, 2.05) is 35.7 Å². The van der Waals surface area contributed by atoms with Crippen molar-refractivity contribution in [3.8, 4) is 0 Å². The average molecular weight is 728 g/mol. The first-order valence-electron chi connectivity index (χ1n) is 17.5. The van der Waals surface area contributed by atoms with Crippen molar-refractivity contribution < 1.29 is 23.9 Å². The number of urea groups is 1. The first kappa shape index (κ1) is 39.2. The second-order valence-corrected chi connectivity index (χ2v) is 15.3.